The first-order chi connectivity index (χ1) is 8.12. The fourth-order valence-corrected chi connectivity index (χ4v) is 2.16. The first kappa shape index (κ1) is 10.1. The van der Waals surface area contributed by atoms with Crippen molar-refractivity contribution in [1.29, 1.82) is 0 Å². The third-order valence-electron chi connectivity index (χ3n) is 3.49. The largest absolute Gasteiger partial charge is 0.478 e. The Bertz CT molecular complexity index is 520. The van der Waals surface area contributed by atoms with Gasteiger partial charge in [0.1, 0.15) is 0 Å². The standard InChI is InChI=1S/C12H12N2O3/c15-10(16)7-2-1-3-8-9(7)14-11(17)12(4-5-12)6-13-8/h1-3,13H,4-6H2,(H,14,17)(H,15,16). The molecule has 1 aliphatic heterocycles. The molecule has 1 amide bonds. The van der Waals surface area contributed by atoms with Crippen LogP contribution in [0.25, 0.3) is 0 Å². The van der Waals surface area contributed by atoms with Gasteiger partial charge in [0.05, 0.1) is 22.4 Å². The van der Waals surface area contributed by atoms with E-state index in [2.05, 4.69) is 10.6 Å². The van der Waals surface area contributed by atoms with Gasteiger partial charge in [-0.1, -0.05) is 6.07 Å². The minimum atomic E-state index is -1.03. The molecule has 1 aromatic carbocycles. The third-order valence-corrected chi connectivity index (χ3v) is 3.49. The van der Waals surface area contributed by atoms with E-state index in [0.717, 1.165) is 12.8 Å². The van der Waals surface area contributed by atoms with E-state index in [-0.39, 0.29) is 16.9 Å². The molecule has 0 bridgehead atoms. The van der Waals surface area contributed by atoms with Gasteiger partial charge < -0.3 is 15.7 Å². The third kappa shape index (κ3) is 1.46. The highest BCUT2D eigenvalue weighted by Gasteiger charge is 2.51. The molecule has 1 fully saturated rings. The number of amides is 1. The maximum Gasteiger partial charge on any atom is 0.337 e. The summed E-state index contributed by atoms with van der Waals surface area (Å²) in [5.41, 5.74) is 0.867. The molecule has 0 unspecified atom stereocenters. The minimum Gasteiger partial charge on any atom is -0.478 e. The van der Waals surface area contributed by atoms with E-state index in [1.54, 1.807) is 12.1 Å². The van der Waals surface area contributed by atoms with Crippen LogP contribution in [0.15, 0.2) is 18.2 Å². The summed E-state index contributed by atoms with van der Waals surface area (Å²) in [5, 5.41) is 15.0. The lowest BCUT2D eigenvalue weighted by Crippen LogP contribution is -2.27. The molecule has 3 rings (SSSR count). The van der Waals surface area contributed by atoms with Crippen LogP contribution in [0.1, 0.15) is 23.2 Å². The van der Waals surface area contributed by atoms with Gasteiger partial charge in [0.15, 0.2) is 0 Å². The Morgan fingerprint density at radius 1 is 1.35 bits per heavy atom. The number of nitrogens with one attached hydrogen (secondary N) is 2. The Morgan fingerprint density at radius 2 is 2.12 bits per heavy atom. The van der Waals surface area contributed by atoms with Crippen molar-refractivity contribution < 1.29 is 14.7 Å². The molecular formula is C12H12N2O3. The smallest absolute Gasteiger partial charge is 0.337 e. The molecule has 1 saturated carbocycles. The second-order valence-corrected chi connectivity index (χ2v) is 4.62. The van der Waals surface area contributed by atoms with E-state index in [1.165, 1.54) is 6.07 Å². The Balaban J connectivity index is 2.07. The zero-order valence-electron chi connectivity index (χ0n) is 9.12. The van der Waals surface area contributed by atoms with Crippen molar-refractivity contribution in [3.05, 3.63) is 23.8 Å². The van der Waals surface area contributed by atoms with Gasteiger partial charge in [-0.05, 0) is 25.0 Å². The van der Waals surface area contributed by atoms with E-state index in [4.69, 9.17) is 5.11 Å². The van der Waals surface area contributed by atoms with E-state index in [9.17, 15) is 9.59 Å². The highest BCUT2D eigenvalue weighted by atomic mass is 16.4. The number of benzene rings is 1. The van der Waals surface area contributed by atoms with Crippen molar-refractivity contribution in [1.82, 2.24) is 0 Å². The molecule has 1 aromatic rings. The summed E-state index contributed by atoms with van der Waals surface area (Å²) in [6, 6.07) is 4.95. The van der Waals surface area contributed by atoms with Gasteiger partial charge in [-0.3, -0.25) is 4.79 Å². The van der Waals surface area contributed by atoms with Crippen molar-refractivity contribution >= 4 is 23.3 Å². The number of carbonyl (C=O) groups is 2. The Morgan fingerprint density at radius 3 is 2.76 bits per heavy atom. The first-order valence-electron chi connectivity index (χ1n) is 5.54. The van der Waals surface area contributed by atoms with Crippen LogP contribution >= 0.6 is 0 Å². The molecule has 0 atom stereocenters. The molecule has 0 saturated heterocycles. The number of carboxylic acid groups (broad SMARTS) is 1. The summed E-state index contributed by atoms with van der Waals surface area (Å²) in [5.74, 6) is -1.10. The van der Waals surface area contributed by atoms with Gasteiger partial charge in [-0.25, -0.2) is 4.79 Å². The zero-order valence-corrected chi connectivity index (χ0v) is 9.12. The van der Waals surface area contributed by atoms with E-state index in [1.807, 2.05) is 0 Å². The number of anilines is 2. The van der Waals surface area contributed by atoms with Crippen LogP contribution in [0.3, 0.4) is 0 Å². The lowest BCUT2D eigenvalue weighted by Gasteiger charge is -2.10. The van der Waals surface area contributed by atoms with Gasteiger partial charge in [0.2, 0.25) is 5.91 Å². The summed E-state index contributed by atoms with van der Waals surface area (Å²) in [6.45, 7) is 0.578. The van der Waals surface area contributed by atoms with Crippen molar-refractivity contribution in [2.45, 2.75) is 12.8 Å². The van der Waals surface area contributed by atoms with Crippen LogP contribution in [-0.4, -0.2) is 23.5 Å². The van der Waals surface area contributed by atoms with Crippen molar-refractivity contribution in [3.63, 3.8) is 0 Å². The van der Waals surface area contributed by atoms with Gasteiger partial charge in [-0.15, -0.1) is 0 Å². The van der Waals surface area contributed by atoms with Crippen LogP contribution in [0.5, 0.6) is 0 Å². The first-order valence-corrected chi connectivity index (χ1v) is 5.54. The molecule has 17 heavy (non-hydrogen) atoms. The lowest BCUT2D eigenvalue weighted by molar-refractivity contribution is -0.120. The van der Waals surface area contributed by atoms with Crippen LogP contribution in [0, 0.1) is 5.41 Å². The number of fused-ring (bicyclic) bond motifs is 1. The van der Waals surface area contributed by atoms with Gasteiger partial charge in [0, 0.05) is 6.54 Å². The SMILES string of the molecule is O=C(O)c1cccc2c1NC(=O)C1(CC1)CN2. The fourth-order valence-electron chi connectivity index (χ4n) is 2.16. The molecule has 5 heteroatoms. The van der Waals surface area contributed by atoms with Crippen molar-refractivity contribution in [2.24, 2.45) is 5.41 Å². The topological polar surface area (TPSA) is 78.4 Å². The maximum absolute atomic E-state index is 12.0. The number of rotatable bonds is 1. The average Bonchev–Trinajstić information content (AvgIpc) is 3.09. The number of hydrogen-bond acceptors (Lipinski definition) is 3. The van der Waals surface area contributed by atoms with Gasteiger partial charge >= 0.3 is 5.97 Å². The predicted octanol–water partition coefficient (Wildman–Crippen LogP) is 1.53. The number of carboxylic acids is 1. The quantitative estimate of drug-likeness (QED) is 0.686. The number of aromatic carboxylic acids is 1. The number of para-hydroxylation sites is 1. The number of carbonyl (C=O) groups excluding carboxylic acids is 1. The number of hydrogen-bond donors (Lipinski definition) is 3. The molecule has 1 aliphatic carbocycles. The summed E-state index contributed by atoms with van der Waals surface area (Å²) in [6.07, 6.45) is 1.73. The lowest BCUT2D eigenvalue weighted by atomic mass is 10.1. The van der Waals surface area contributed by atoms with Crippen LogP contribution in [0.2, 0.25) is 0 Å². The molecule has 1 spiro atoms. The highest BCUT2D eigenvalue weighted by Crippen LogP contribution is 2.48. The van der Waals surface area contributed by atoms with Crippen LogP contribution in [0.4, 0.5) is 11.4 Å². The summed E-state index contributed by atoms with van der Waals surface area (Å²) in [4.78, 5) is 23.1. The van der Waals surface area contributed by atoms with E-state index in [0.29, 0.717) is 17.9 Å². The molecule has 88 valence electrons. The fraction of sp³-hybridized carbons (Fsp3) is 0.333. The molecule has 5 nitrogen and oxygen atoms in total. The van der Waals surface area contributed by atoms with Crippen LogP contribution in [-0.2, 0) is 4.79 Å². The highest BCUT2D eigenvalue weighted by molar-refractivity contribution is 6.07. The van der Waals surface area contributed by atoms with Crippen molar-refractivity contribution in [3.8, 4) is 0 Å². The predicted molar refractivity (Wildman–Crippen MR) is 62.2 cm³/mol. The Labute approximate surface area is 97.8 Å². The van der Waals surface area contributed by atoms with Crippen LogP contribution < -0.4 is 10.6 Å². The van der Waals surface area contributed by atoms with E-state index < -0.39 is 5.97 Å². The van der Waals surface area contributed by atoms with Crippen molar-refractivity contribution in [2.75, 3.05) is 17.2 Å². The monoisotopic (exact) mass is 232 g/mol. The molecule has 3 N–H and O–H groups in total. The molecular weight excluding hydrogens is 220 g/mol. The average molecular weight is 232 g/mol. The van der Waals surface area contributed by atoms with Gasteiger partial charge in [-0.2, -0.15) is 0 Å². The minimum absolute atomic E-state index is 0.0718. The molecule has 2 aliphatic rings. The summed E-state index contributed by atoms with van der Waals surface area (Å²) >= 11 is 0. The zero-order chi connectivity index (χ0) is 12.0. The Hall–Kier alpha value is -2.04. The second kappa shape index (κ2) is 3.23. The summed E-state index contributed by atoms with van der Waals surface area (Å²) < 4.78 is 0. The maximum atomic E-state index is 12.0. The van der Waals surface area contributed by atoms with E-state index >= 15 is 0 Å². The van der Waals surface area contributed by atoms with Gasteiger partial charge in [0.25, 0.3) is 0 Å². The molecule has 0 radical (unpaired) electrons. The Kier molecular flexibility index (Phi) is 1.92. The second-order valence-electron chi connectivity index (χ2n) is 4.62. The molecule has 1 heterocycles. The normalized spacial score (nSPS) is 19.9. The summed E-state index contributed by atoms with van der Waals surface area (Å²) in [7, 11) is 0. The molecule has 0 aromatic heterocycles.